The van der Waals surface area contributed by atoms with Gasteiger partial charge in [0.05, 0.1) is 4.90 Å². The Bertz CT molecular complexity index is 543. The molecule has 1 N–H and O–H groups in total. The second-order valence-electron chi connectivity index (χ2n) is 5.41. The average molecular weight is 362 g/mol. The summed E-state index contributed by atoms with van der Waals surface area (Å²) in [6, 6.07) is 5.24. The summed E-state index contributed by atoms with van der Waals surface area (Å²) in [4.78, 5) is 0.344. The summed E-state index contributed by atoms with van der Waals surface area (Å²) in [6.45, 7) is 8.54. The highest BCUT2D eigenvalue weighted by Gasteiger charge is 2.27. The topological polar surface area (TPSA) is 46.2 Å². The van der Waals surface area contributed by atoms with Gasteiger partial charge >= 0.3 is 0 Å². The molecule has 0 aliphatic rings. The van der Waals surface area contributed by atoms with Gasteiger partial charge in [-0.15, -0.1) is 0 Å². The van der Waals surface area contributed by atoms with Crippen molar-refractivity contribution in [1.29, 1.82) is 0 Å². The average Bonchev–Trinajstić information content (AvgIpc) is 2.44. The molecule has 1 aromatic rings. The van der Waals surface area contributed by atoms with E-state index in [4.69, 9.17) is 0 Å². The molecule has 0 aromatic heterocycles. The van der Waals surface area contributed by atoms with E-state index in [1.807, 2.05) is 19.9 Å². The molecule has 0 saturated carbocycles. The third-order valence-electron chi connectivity index (χ3n) is 4.21. The van der Waals surface area contributed by atoms with Crippen molar-refractivity contribution in [3.05, 3.63) is 29.3 Å². The number of benzene rings is 1. The van der Waals surface area contributed by atoms with Crippen LogP contribution >= 0.6 is 15.9 Å². The van der Waals surface area contributed by atoms with Crippen LogP contribution in [0.1, 0.15) is 37.8 Å². The number of nitrogens with one attached hydrogen (secondary N) is 1. The second-order valence-corrected chi connectivity index (χ2v) is 7.74. The van der Waals surface area contributed by atoms with Gasteiger partial charge in [-0.25, -0.2) is 13.1 Å². The van der Waals surface area contributed by atoms with Crippen LogP contribution in [0.4, 0.5) is 0 Å². The highest BCUT2D eigenvalue weighted by atomic mass is 79.9. The van der Waals surface area contributed by atoms with Crippen LogP contribution in [0, 0.1) is 19.3 Å². The Kier molecular flexibility index (Phi) is 6.23. The standard InChI is InChI=1S/C15H24BrNO2S/c1-5-15(6-2,10-16)11-17-20(18,19)14-8-7-12(3)13(4)9-14/h7-9,17H,5-6,10-11H2,1-4H3. The first-order chi connectivity index (χ1) is 9.30. The lowest BCUT2D eigenvalue weighted by molar-refractivity contribution is 0.309. The van der Waals surface area contributed by atoms with Crippen molar-refractivity contribution in [2.75, 3.05) is 11.9 Å². The number of rotatable bonds is 7. The monoisotopic (exact) mass is 361 g/mol. The molecule has 114 valence electrons. The molecule has 0 radical (unpaired) electrons. The van der Waals surface area contributed by atoms with Crippen LogP contribution in [-0.2, 0) is 10.0 Å². The van der Waals surface area contributed by atoms with E-state index in [2.05, 4.69) is 34.5 Å². The van der Waals surface area contributed by atoms with Crippen molar-refractivity contribution in [2.45, 2.75) is 45.4 Å². The SMILES string of the molecule is CCC(CC)(CBr)CNS(=O)(=O)c1ccc(C)c(C)c1. The number of sulfonamides is 1. The van der Waals surface area contributed by atoms with Crippen molar-refractivity contribution >= 4 is 26.0 Å². The molecule has 0 unspecified atom stereocenters. The first kappa shape index (κ1) is 17.7. The van der Waals surface area contributed by atoms with Gasteiger partial charge in [-0.1, -0.05) is 35.8 Å². The molecular formula is C15H24BrNO2S. The van der Waals surface area contributed by atoms with Crippen molar-refractivity contribution in [3.8, 4) is 0 Å². The normalized spacial score (nSPS) is 12.7. The Labute approximate surface area is 131 Å². The maximum Gasteiger partial charge on any atom is 0.240 e. The summed E-state index contributed by atoms with van der Waals surface area (Å²) < 4.78 is 27.5. The minimum absolute atomic E-state index is 0.0210. The fourth-order valence-electron chi connectivity index (χ4n) is 1.95. The van der Waals surface area contributed by atoms with Crippen LogP contribution in [0.2, 0.25) is 0 Å². The number of halogens is 1. The van der Waals surface area contributed by atoms with Gasteiger partial charge in [0.15, 0.2) is 0 Å². The quantitative estimate of drug-likeness (QED) is 0.751. The molecule has 20 heavy (non-hydrogen) atoms. The van der Waals surface area contributed by atoms with Crippen molar-refractivity contribution in [2.24, 2.45) is 5.41 Å². The van der Waals surface area contributed by atoms with Gasteiger partial charge in [0.1, 0.15) is 0 Å². The van der Waals surface area contributed by atoms with E-state index in [9.17, 15) is 8.42 Å². The van der Waals surface area contributed by atoms with E-state index < -0.39 is 10.0 Å². The van der Waals surface area contributed by atoms with E-state index in [0.29, 0.717) is 11.4 Å². The molecule has 0 fully saturated rings. The second kappa shape index (κ2) is 7.05. The number of alkyl halides is 1. The number of hydrogen-bond acceptors (Lipinski definition) is 2. The van der Waals surface area contributed by atoms with Crippen molar-refractivity contribution in [3.63, 3.8) is 0 Å². The van der Waals surface area contributed by atoms with Crippen molar-refractivity contribution < 1.29 is 8.42 Å². The lowest BCUT2D eigenvalue weighted by Crippen LogP contribution is -2.38. The number of hydrogen-bond donors (Lipinski definition) is 1. The predicted molar refractivity (Wildman–Crippen MR) is 87.9 cm³/mol. The van der Waals surface area contributed by atoms with E-state index in [1.54, 1.807) is 12.1 Å². The van der Waals surface area contributed by atoms with E-state index in [-0.39, 0.29) is 5.41 Å². The van der Waals surface area contributed by atoms with Crippen LogP contribution in [0.5, 0.6) is 0 Å². The highest BCUT2D eigenvalue weighted by Crippen LogP contribution is 2.28. The summed E-state index contributed by atoms with van der Waals surface area (Å²) in [5.74, 6) is 0. The van der Waals surface area contributed by atoms with Crippen LogP contribution in [-0.4, -0.2) is 20.3 Å². The molecule has 0 saturated heterocycles. The molecule has 0 aliphatic carbocycles. The summed E-state index contributed by atoms with van der Waals surface area (Å²) in [7, 11) is -3.43. The van der Waals surface area contributed by atoms with Gasteiger partial charge in [0.2, 0.25) is 10.0 Å². The zero-order chi connectivity index (χ0) is 15.4. The van der Waals surface area contributed by atoms with E-state index >= 15 is 0 Å². The minimum atomic E-state index is -3.43. The molecule has 0 spiro atoms. The third-order valence-corrected chi connectivity index (χ3v) is 6.80. The molecule has 1 aromatic carbocycles. The summed E-state index contributed by atoms with van der Waals surface area (Å²) >= 11 is 3.50. The molecule has 0 atom stereocenters. The Hall–Kier alpha value is -0.390. The van der Waals surface area contributed by atoms with E-state index in [1.165, 1.54) is 0 Å². The number of aryl methyl sites for hydroxylation is 2. The van der Waals surface area contributed by atoms with Gasteiger partial charge in [-0.3, -0.25) is 0 Å². The van der Waals surface area contributed by atoms with E-state index in [0.717, 1.165) is 29.3 Å². The summed E-state index contributed by atoms with van der Waals surface area (Å²) in [6.07, 6.45) is 1.87. The van der Waals surface area contributed by atoms with Crippen molar-refractivity contribution in [1.82, 2.24) is 4.72 Å². The molecule has 5 heteroatoms. The fraction of sp³-hybridized carbons (Fsp3) is 0.600. The lowest BCUT2D eigenvalue weighted by Gasteiger charge is -2.29. The maximum atomic E-state index is 12.4. The first-order valence-electron chi connectivity index (χ1n) is 6.93. The molecule has 3 nitrogen and oxygen atoms in total. The predicted octanol–water partition coefficient (Wildman–Crippen LogP) is 3.78. The lowest BCUT2D eigenvalue weighted by atomic mass is 9.85. The highest BCUT2D eigenvalue weighted by molar-refractivity contribution is 9.09. The van der Waals surface area contributed by atoms with Gasteiger partial charge in [-0.05, 0) is 55.4 Å². The smallest absolute Gasteiger partial charge is 0.211 e. The largest absolute Gasteiger partial charge is 0.240 e. The maximum absolute atomic E-state index is 12.4. The Morgan fingerprint density at radius 3 is 2.20 bits per heavy atom. The molecular weight excluding hydrogens is 338 g/mol. The molecule has 0 bridgehead atoms. The van der Waals surface area contributed by atoms with Gasteiger partial charge < -0.3 is 0 Å². The Morgan fingerprint density at radius 1 is 1.15 bits per heavy atom. The van der Waals surface area contributed by atoms with Crippen LogP contribution < -0.4 is 4.72 Å². The zero-order valence-corrected chi connectivity index (χ0v) is 15.1. The molecule has 0 amide bonds. The summed E-state index contributed by atoms with van der Waals surface area (Å²) in [5, 5.41) is 0.794. The van der Waals surface area contributed by atoms with Gasteiger partial charge in [0, 0.05) is 11.9 Å². The van der Waals surface area contributed by atoms with Crippen LogP contribution in [0.25, 0.3) is 0 Å². The molecule has 0 heterocycles. The summed E-state index contributed by atoms with van der Waals surface area (Å²) in [5.41, 5.74) is 2.07. The first-order valence-corrected chi connectivity index (χ1v) is 9.53. The van der Waals surface area contributed by atoms with Crippen LogP contribution in [0.15, 0.2) is 23.1 Å². The molecule has 1 rings (SSSR count). The van der Waals surface area contributed by atoms with Gasteiger partial charge in [0.25, 0.3) is 0 Å². The fourth-order valence-corrected chi connectivity index (χ4v) is 4.18. The molecule has 0 aliphatic heterocycles. The van der Waals surface area contributed by atoms with Crippen LogP contribution in [0.3, 0.4) is 0 Å². The third kappa shape index (κ3) is 4.06. The zero-order valence-electron chi connectivity index (χ0n) is 12.7. The minimum Gasteiger partial charge on any atom is -0.211 e. The Balaban J connectivity index is 2.92. The Morgan fingerprint density at radius 2 is 1.75 bits per heavy atom. The van der Waals surface area contributed by atoms with Gasteiger partial charge in [-0.2, -0.15) is 0 Å².